The first kappa shape index (κ1) is 17.5. The zero-order chi connectivity index (χ0) is 17.2. The summed E-state index contributed by atoms with van der Waals surface area (Å²) in [6.07, 6.45) is 7.86. The van der Waals surface area contributed by atoms with E-state index in [4.69, 9.17) is 11.2 Å². The van der Waals surface area contributed by atoms with Crippen LogP contribution in [0.15, 0.2) is 53.6 Å². The fourth-order valence-corrected chi connectivity index (χ4v) is 1.98. The largest absolute Gasteiger partial charge is 0.377 e. The lowest BCUT2D eigenvalue weighted by atomic mass is 10.1. The maximum atomic E-state index is 12.0. The topological polar surface area (TPSA) is 50.7 Å². The monoisotopic (exact) mass is 320 g/mol. The van der Waals surface area contributed by atoms with Crippen LogP contribution < -0.4 is 5.43 Å². The molecule has 1 N–H and O–H groups in total. The zero-order valence-electron chi connectivity index (χ0n) is 13.7. The number of rotatable bonds is 7. The number of carbonyl (C=O) groups is 1. The van der Waals surface area contributed by atoms with Crippen LogP contribution in [0, 0.1) is 12.3 Å². The van der Waals surface area contributed by atoms with Crippen LogP contribution in [-0.2, 0) is 11.3 Å². The first-order valence-electron chi connectivity index (χ1n) is 7.79. The second-order valence-electron chi connectivity index (χ2n) is 5.21. The van der Waals surface area contributed by atoms with Gasteiger partial charge in [-0.15, -0.1) is 6.42 Å². The van der Waals surface area contributed by atoms with Gasteiger partial charge in [0.15, 0.2) is 0 Å². The number of ether oxygens (including phenoxy) is 1. The minimum atomic E-state index is -0.257. The van der Waals surface area contributed by atoms with Gasteiger partial charge in [0.25, 0.3) is 5.91 Å². The molecule has 0 aromatic heterocycles. The molecule has 0 unspecified atom stereocenters. The van der Waals surface area contributed by atoms with Gasteiger partial charge in [-0.25, -0.2) is 5.43 Å². The molecule has 0 bridgehead atoms. The van der Waals surface area contributed by atoms with Crippen LogP contribution in [0.3, 0.4) is 0 Å². The predicted octanol–water partition coefficient (Wildman–Crippen LogP) is 3.36. The highest BCUT2D eigenvalue weighted by atomic mass is 16.5. The number of hydrazone groups is 1. The van der Waals surface area contributed by atoms with E-state index in [1.165, 1.54) is 0 Å². The van der Waals surface area contributed by atoms with Crippen molar-refractivity contribution in [2.45, 2.75) is 20.0 Å². The summed E-state index contributed by atoms with van der Waals surface area (Å²) in [5, 5.41) is 3.96. The molecule has 2 rings (SSSR count). The molecular formula is C20H20N2O2. The third-order valence-electron chi connectivity index (χ3n) is 3.29. The standard InChI is InChI=1S/C20H20N2O2/c1-3-13-24-15-18-9-11-19(12-10-18)20(23)22-21-14-17-7-5-16(4-2)6-8-17/h2,5-12,14H,3,13,15H2,1H3,(H,22,23)/b21-14+. The van der Waals surface area contributed by atoms with Gasteiger partial charge >= 0.3 is 0 Å². The van der Waals surface area contributed by atoms with E-state index in [-0.39, 0.29) is 5.91 Å². The van der Waals surface area contributed by atoms with Gasteiger partial charge in [-0.1, -0.05) is 37.1 Å². The molecule has 0 radical (unpaired) electrons. The minimum Gasteiger partial charge on any atom is -0.377 e. The molecule has 4 nitrogen and oxygen atoms in total. The predicted molar refractivity (Wildman–Crippen MR) is 95.8 cm³/mol. The van der Waals surface area contributed by atoms with Crippen molar-refractivity contribution in [1.82, 2.24) is 5.43 Å². The summed E-state index contributed by atoms with van der Waals surface area (Å²) in [6, 6.07) is 14.6. The van der Waals surface area contributed by atoms with Crippen molar-refractivity contribution in [2.75, 3.05) is 6.61 Å². The highest BCUT2D eigenvalue weighted by Crippen LogP contribution is 2.06. The summed E-state index contributed by atoms with van der Waals surface area (Å²) in [6.45, 7) is 3.36. The fourth-order valence-electron chi connectivity index (χ4n) is 1.98. The first-order chi connectivity index (χ1) is 11.7. The van der Waals surface area contributed by atoms with E-state index < -0.39 is 0 Å². The molecule has 0 heterocycles. The molecule has 0 fully saturated rings. The Morgan fingerprint density at radius 3 is 2.54 bits per heavy atom. The van der Waals surface area contributed by atoms with Crippen molar-refractivity contribution in [3.8, 4) is 12.3 Å². The Morgan fingerprint density at radius 2 is 1.92 bits per heavy atom. The van der Waals surface area contributed by atoms with Gasteiger partial charge in [-0.3, -0.25) is 4.79 Å². The molecule has 0 aliphatic carbocycles. The molecule has 0 spiro atoms. The van der Waals surface area contributed by atoms with E-state index in [1.54, 1.807) is 18.3 Å². The summed E-state index contributed by atoms with van der Waals surface area (Å²) in [7, 11) is 0. The number of benzene rings is 2. The van der Waals surface area contributed by atoms with Gasteiger partial charge in [0, 0.05) is 17.7 Å². The second-order valence-corrected chi connectivity index (χ2v) is 5.21. The Labute approximate surface area is 142 Å². The molecule has 122 valence electrons. The molecule has 0 aliphatic rings. The third-order valence-corrected chi connectivity index (χ3v) is 3.29. The van der Waals surface area contributed by atoms with Gasteiger partial charge in [0.2, 0.25) is 0 Å². The van der Waals surface area contributed by atoms with Crippen molar-refractivity contribution in [1.29, 1.82) is 0 Å². The highest BCUT2D eigenvalue weighted by molar-refractivity contribution is 5.94. The molecule has 1 amide bonds. The van der Waals surface area contributed by atoms with Gasteiger partial charge in [0.1, 0.15) is 0 Å². The number of amides is 1. The number of terminal acetylenes is 1. The number of hydrogen-bond donors (Lipinski definition) is 1. The van der Waals surface area contributed by atoms with E-state index in [0.717, 1.165) is 29.7 Å². The summed E-state index contributed by atoms with van der Waals surface area (Å²) in [5.41, 5.74) is 5.76. The Hall–Kier alpha value is -2.90. The maximum absolute atomic E-state index is 12.0. The normalized spacial score (nSPS) is 10.5. The second kappa shape index (κ2) is 9.29. The van der Waals surface area contributed by atoms with Crippen molar-refractivity contribution >= 4 is 12.1 Å². The average molecular weight is 320 g/mol. The van der Waals surface area contributed by atoms with Gasteiger partial charge < -0.3 is 4.74 Å². The third kappa shape index (κ3) is 5.38. The van der Waals surface area contributed by atoms with Crippen molar-refractivity contribution < 1.29 is 9.53 Å². The average Bonchev–Trinajstić information content (AvgIpc) is 2.63. The van der Waals surface area contributed by atoms with E-state index in [9.17, 15) is 4.79 Å². The summed E-state index contributed by atoms with van der Waals surface area (Å²) in [5.74, 6) is 2.29. The summed E-state index contributed by atoms with van der Waals surface area (Å²) in [4.78, 5) is 12.0. The Kier molecular flexibility index (Phi) is 6.75. The Balaban J connectivity index is 1.87. The minimum absolute atomic E-state index is 0.257. The molecule has 24 heavy (non-hydrogen) atoms. The lowest BCUT2D eigenvalue weighted by molar-refractivity contribution is 0.0954. The molecule has 0 aliphatic heterocycles. The molecular weight excluding hydrogens is 300 g/mol. The number of nitrogens with zero attached hydrogens (tertiary/aromatic N) is 1. The lowest BCUT2D eigenvalue weighted by Crippen LogP contribution is -2.17. The zero-order valence-corrected chi connectivity index (χ0v) is 13.7. The molecule has 2 aromatic rings. The Bertz CT molecular complexity index is 726. The smallest absolute Gasteiger partial charge is 0.271 e. The van der Waals surface area contributed by atoms with Crippen LogP contribution in [0.5, 0.6) is 0 Å². The molecule has 2 aromatic carbocycles. The van der Waals surface area contributed by atoms with Crippen LogP contribution in [0.1, 0.15) is 40.4 Å². The SMILES string of the molecule is C#Cc1ccc(/C=N/NC(=O)c2ccc(COCCC)cc2)cc1. The maximum Gasteiger partial charge on any atom is 0.271 e. The van der Waals surface area contributed by atoms with E-state index in [1.807, 2.05) is 36.4 Å². The molecule has 0 saturated heterocycles. The van der Waals surface area contributed by atoms with Crippen molar-refractivity contribution in [3.05, 3.63) is 70.8 Å². The van der Waals surface area contributed by atoms with E-state index >= 15 is 0 Å². The van der Waals surface area contributed by atoms with Crippen LogP contribution in [0.25, 0.3) is 0 Å². The van der Waals surface area contributed by atoms with Crippen molar-refractivity contribution in [3.63, 3.8) is 0 Å². The van der Waals surface area contributed by atoms with Gasteiger partial charge in [0.05, 0.1) is 12.8 Å². The van der Waals surface area contributed by atoms with Crippen LogP contribution >= 0.6 is 0 Å². The van der Waals surface area contributed by atoms with Gasteiger partial charge in [-0.2, -0.15) is 5.10 Å². The fraction of sp³-hybridized carbons (Fsp3) is 0.200. The number of nitrogens with one attached hydrogen (secondary N) is 1. The summed E-state index contributed by atoms with van der Waals surface area (Å²) >= 11 is 0. The van der Waals surface area contributed by atoms with Crippen LogP contribution in [0.4, 0.5) is 0 Å². The number of hydrogen-bond acceptors (Lipinski definition) is 3. The highest BCUT2D eigenvalue weighted by Gasteiger charge is 2.03. The molecule has 0 saturated carbocycles. The van der Waals surface area contributed by atoms with E-state index in [2.05, 4.69) is 23.4 Å². The summed E-state index contributed by atoms with van der Waals surface area (Å²) < 4.78 is 5.46. The van der Waals surface area contributed by atoms with Crippen LogP contribution in [0.2, 0.25) is 0 Å². The van der Waals surface area contributed by atoms with Crippen LogP contribution in [-0.4, -0.2) is 18.7 Å². The van der Waals surface area contributed by atoms with Crippen molar-refractivity contribution in [2.24, 2.45) is 5.10 Å². The molecule has 4 heteroatoms. The quantitative estimate of drug-likeness (QED) is 0.368. The Morgan fingerprint density at radius 1 is 1.21 bits per heavy atom. The van der Waals surface area contributed by atoms with Gasteiger partial charge in [-0.05, 0) is 41.8 Å². The lowest BCUT2D eigenvalue weighted by Gasteiger charge is -2.04. The first-order valence-corrected chi connectivity index (χ1v) is 7.79. The van der Waals surface area contributed by atoms with E-state index in [0.29, 0.717) is 12.2 Å². The number of carbonyl (C=O) groups excluding carboxylic acids is 1. The molecule has 0 atom stereocenters.